The third kappa shape index (κ3) is 8.31. The van der Waals surface area contributed by atoms with Gasteiger partial charge in [0.25, 0.3) is 0 Å². The summed E-state index contributed by atoms with van der Waals surface area (Å²) in [5.74, 6) is 0.650. The molecular formula is C18H28IN3O2S. The predicted octanol–water partition coefficient (Wildman–Crippen LogP) is 3.44. The Bertz CT molecular complexity index is 551. The van der Waals surface area contributed by atoms with E-state index in [1.54, 1.807) is 7.05 Å². The molecule has 1 aromatic carbocycles. The highest BCUT2D eigenvalue weighted by molar-refractivity contribution is 14.0. The molecule has 5 nitrogen and oxygen atoms in total. The van der Waals surface area contributed by atoms with E-state index in [0.29, 0.717) is 19.6 Å². The quantitative estimate of drug-likeness (QED) is 0.188. The SMILES string of the molecule is CCOC(=O)CCCNC(=NC)NCC1(Sc2ccccc2)CC1.I. The van der Waals surface area contributed by atoms with Crippen LogP contribution in [0.25, 0.3) is 0 Å². The first kappa shape index (κ1) is 22.1. The van der Waals surface area contributed by atoms with E-state index in [0.717, 1.165) is 18.9 Å². The van der Waals surface area contributed by atoms with Crippen LogP contribution >= 0.6 is 35.7 Å². The molecule has 0 saturated heterocycles. The molecule has 1 aliphatic carbocycles. The van der Waals surface area contributed by atoms with Gasteiger partial charge in [-0.3, -0.25) is 9.79 Å². The summed E-state index contributed by atoms with van der Waals surface area (Å²) in [4.78, 5) is 16.9. The number of ether oxygens (including phenoxy) is 1. The van der Waals surface area contributed by atoms with Crippen molar-refractivity contribution in [2.24, 2.45) is 4.99 Å². The van der Waals surface area contributed by atoms with Crippen LogP contribution in [0, 0.1) is 0 Å². The first-order valence-electron chi connectivity index (χ1n) is 8.52. The van der Waals surface area contributed by atoms with Crippen LogP contribution < -0.4 is 10.6 Å². The zero-order valence-corrected chi connectivity index (χ0v) is 18.1. The number of carbonyl (C=O) groups excluding carboxylic acids is 1. The summed E-state index contributed by atoms with van der Waals surface area (Å²) in [5, 5.41) is 6.66. The predicted molar refractivity (Wildman–Crippen MR) is 115 cm³/mol. The van der Waals surface area contributed by atoms with Gasteiger partial charge in [-0.25, -0.2) is 0 Å². The fourth-order valence-electron chi connectivity index (χ4n) is 2.33. The van der Waals surface area contributed by atoms with Gasteiger partial charge in [-0.05, 0) is 38.3 Å². The molecule has 1 aliphatic rings. The molecule has 1 fully saturated rings. The molecule has 2 rings (SSSR count). The van der Waals surface area contributed by atoms with Gasteiger partial charge in [-0.15, -0.1) is 35.7 Å². The molecular weight excluding hydrogens is 449 g/mol. The largest absolute Gasteiger partial charge is 0.466 e. The molecule has 25 heavy (non-hydrogen) atoms. The summed E-state index contributed by atoms with van der Waals surface area (Å²) in [5.41, 5.74) is 0. The van der Waals surface area contributed by atoms with Crippen molar-refractivity contribution in [2.75, 3.05) is 26.7 Å². The van der Waals surface area contributed by atoms with Gasteiger partial charge in [-0.1, -0.05) is 18.2 Å². The number of nitrogens with zero attached hydrogens (tertiary/aromatic N) is 1. The van der Waals surface area contributed by atoms with Crippen molar-refractivity contribution in [2.45, 2.75) is 42.2 Å². The van der Waals surface area contributed by atoms with Crippen molar-refractivity contribution in [3.63, 3.8) is 0 Å². The molecule has 0 unspecified atom stereocenters. The maximum absolute atomic E-state index is 11.3. The van der Waals surface area contributed by atoms with Gasteiger partial charge in [0.05, 0.1) is 6.61 Å². The van der Waals surface area contributed by atoms with Crippen molar-refractivity contribution in [3.05, 3.63) is 30.3 Å². The van der Waals surface area contributed by atoms with Crippen molar-refractivity contribution in [3.8, 4) is 0 Å². The van der Waals surface area contributed by atoms with Crippen LogP contribution in [0.3, 0.4) is 0 Å². The Hall–Kier alpha value is -0.960. The van der Waals surface area contributed by atoms with Crippen molar-refractivity contribution >= 4 is 47.7 Å². The third-order valence-electron chi connectivity index (χ3n) is 3.84. The standard InChI is InChI=1S/C18H27N3O2S.HI/c1-3-23-16(22)10-7-13-20-17(19-2)21-14-18(11-12-18)24-15-8-5-4-6-9-15;/h4-6,8-9H,3,7,10-14H2,1-2H3,(H2,19,20,21);1H. The second kappa shape index (κ2) is 11.6. The molecule has 0 amide bonds. The molecule has 0 aromatic heterocycles. The lowest BCUT2D eigenvalue weighted by atomic mass is 10.3. The smallest absolute Gasteiger partial charge is 0.305 e. The number of aliphatic imine (C=N–C) groups is 1. The van der Waals surface area contributed by atoms with E-state index in [1.807, 2.05) is 24.8 Å². The Morgan fingerprint density at radius 1 is 1.28 bits per heavy atom. The highest BCUT2D eigenvalue weighted by atomic mass is 127. The molecule has 7 heteroatoms. The maximum Gasteiger partial charge on any atom is 0.305 e. The number of nitrogens with one attached hydrogen (secondary N) is 2. The van der Waals surface area contributed by atoms with E-state index < -0.39 is 0 Å². The van der Waals surface area contributed by atoms with Crippen molar-refractivity contribution in [1.82, 2.24) is 10.6 Å². The Morgan fingerprint density at radius 3 is 2.60 bits per heavy atom. The Morgan fingerprint density at radius 2 is 2.00 bits per heavy atom. The molecule has 1 saturated carbocycles. The monoisotopic (exact) mass is 477 g/mol. The number of rotatable bonds is 9. The molecule has 0 radical (unpaired) electrons. The minimum absolute atomic E-state index is 0. The normalized spacial score (nSPS) is 15.0. The lowest BCUT2D eigenvalue weighted by Gasteiger charge is -2.18. The van der Waals surface area contributed by atoms with Gasteiger partial charge in [0.1, 0.15) is 0 Å². The summed E-state index contributed by atoms with van der Waals surface area (Å²) in [6.45, 7) is 3.86. The van der Waals surface area contributed by atoms with Crippen LogP contribution in [0.1, 0.15) is 32.6 Å². The molecule has 140 valence electrons. The van der Waals surface area contributed by atoms with Gasteiger partial charge >= 0.3 is 5.97 Å². The molecule has 0 aliphatic heterocycles. The summed E-state index contributed by atoms with van der Waals surface area (Å²) < 4.78 is 5.20. The van der Waals surface area contributed by atoms with Crippen LogP contribution in [0.15, 0.2) is 40.2 Å². The van der Waals surface area contributed by atoms with Crippen molar-refractivity contribution < 1.29 is 9.53 Å². The Kier molecular flexibility index (Phi) is 10.3. The van der Waals surface area contributed by atoms with Crippen LogP contribution in [-0.4, -0.2) is 43.4 Å². The van der Waals surface area contributed by atoms with E-state index in [2.05, 4.69) is 39.9 Å². The number of thioether (sulfide) groups is 1. The number of carbonyl (C=O) groups is 1. The van der Waals surface area contributed by atoms with E-state index >= 15 is 0 Å². The lowest BCUT2D eigenvalue weighted by molar-refractivity contribution is -0.143. The van der Waals surface area contributed by atoms with Gasteiger partial charge in [0.2, 0.25) is 0 Å². The molecule has 2 N–H and O–H groups in total. The highest BCUT2D eigenvalue weighted by Gasteiger charge is 2.43. The number of hydrogen-bond acceptors (Lipinski definition) is 4. The maximum atomic E-state index is 11.3. The second-order valence-corrected chi connectivity index (χ2v) is 7.40. The summed E-state index contributed by atoms with van der Waals surface area (Å²) >= 11 is 1.94. The molecule has 0 spiro atoms. The number of halogens is 1. The van der Waals surface area contributed by atoms with E-state index in [1.165, 1.54) is 17.7 Å². The zero-order valence-electron chi connectivity index (χ0n) is 14.9. The average Bonchev–Trinajstić information content (AvgIpc) is 3.35. The third-order valence-corrected chi connectivity index (χ3v) is 5.34. The summed E-state index contributed by atoms with van der Waals surface area (Å²) in [6, 6.07) is 10.5. The Balaban J connectivity index is 0.00000312. The van der Waals surface area contributed by atoms with E-state index in [9.17, 15) is 4.79 Å². The second-order valence-electron chi connectivity index (χ2n) is 5.86. The van der Waals surface area contributed by atoms with Gasteiger partial charge < -0.3 is 15.4 Å². The fourth-order valence-corrected chi connectivity index (χ4v) is 3.57. The number of guanidine groups is 1. The van der Waals surface area contributed by atoms with Crippen LogP contribution in [0.5, 0.6) is 0 Å². The van der Waals surface area contributed by atoms with Crippen molar-refractivity contribution in [1.29, 1.82) is 0 Å². The highest BCUT2D eigenvalue weighted by Crippen LogP contribution is 2.51. The molecule has 0 bridgehead atoms. The summed E-state index contributed by atoms with van der Waals surface area (Å²) in [6.07, 6.45) is 3.62. The molecule has 1 aromatic rings. The van der Waals surface area contributed by atoms with Crippen LogP contribution in [0.2, 0.25) is 0 Å². The van der Waals surface area contributed by atoms with Gasteiger partial charge in [0, 0.05) is 36.2 Å². The van der Waals surface area contributed by atoms with Gasteiger partial charge in [0.15, 0.2) is 5.96 Å². The number of benzene rings is 1. The molecule has 0 atom stereocenters. The number of esters is 1. The zero-order chi connectivity index (χ0) is 17.3. The minimum atomic E-state index is -0.140. The lowest BCUT2D eigenvalue weighted by Crippen LogP contribution is -2.41. The van der Waals surface area contributed by atoms with Crippen LogP contribution in [0.4, 0.5) is 0 Å². The van der Waals surface area contributed by atoms with Crippen LogP contribution in [-0.2, 0) is 9.53 Å². The summed E-state index contributed by atoms with van der Waals surface area (Å²) in [7, 11) is 1.77. The average molecular weight is 477 g/mol. The van der Waals surface area contributed by atoms with Gasteiger partial charge in [-0.2, -0.15) is 0 Å². The minimum Gasteiger partial charge on any atom is -0.466 e. The first-order valence-corrected chi connectivity index (χ1v) is 9.33. The van der Waals surface area contributed by atoms with E-state index in [4.69, 9.17) is 4.74 Å². The first-order chi connectivity index (χ1) is 11.7. The van der Waals surface area contributed by atoms with E-state index in [-0.39, 0.29) is 34.7 Å². The Labute approximate surface area is 171 Å². The molecule has 0 heterocycles. The fraction of sp³-hybridized carbons (Fsp3) is 0.556. The topological polar surface area (TPSA) is 62.7 Å². The number of hydrogen-bond donors (Lipinski definition) is 2.